The molecule has 21 heavy (non-hydrogen) atoms. The summed E-state index contributed by atoms with van der Waals surface area (Å²) in [4.78, 5) is 19.0. The molecule has 0 fully saturated rings. The van der Waals surface area contributed by atoms with Gasteiger partial charge in [0.25, 0.3) is 5.69 Å². The highest BCUT2D eigenvalue weighted by molar-refractivity contribution is 7.16. The molecule has 0 unspecified atom stereocenters. The standard InChI is InChI=1S/C13H11N5O2S/c1-14-12-5-9(18(19)20)6-13(17-12)16-8-2-3-10-11(4-8)21-7-15-10/h2-7H,1H3,(H2,14,16,17). The summed E-state index contributed by atoms with van der Waals surface area (Å²) in [6, 6.07) is 8.48. The number of hydrogen-bond donors (Lipinski definition) is 2. The zero-order valence-corrected chi connectivity index (χ0v) is 11.8. The van der Waals surface area contributed by atoms with Crippen molar-refractivity contribution in [1.82, 2.24) is 9.97 Å². The molecule has 2 heterocycles. The van der Waals surface area contributed by atoms with Crippen molar-refractivity contribution in [1.29, 1.82) is 0 Å². The lowest BCUT2D eigenvalue weighted by molar-refractivity contribution is -0.384. The molecule has 2 N–H and O–H groups in total. The van der Waals surface area contributed by atoms with Gasteiger partial charge in [0, 0.05) is 12.7 Å². The largest absolute Gasteiger partial charge is 0.373 e. The van der Waals surface area contributed by atoms with Crippen LogP contribution in [-0.4, -0.2) is 21.9 Å². The highest BCUT2D eigenvalue weighted by atomic mass is 32.1. The van der Waals surface area contributed by atoms with E-state index in [0.29, 0.717) is 11.6 Å². The number of fused-ring (bicyclic) bond motifs is 1. The number of rotatable bonds is 4. The first-order valence-corrected chi connectivity index (χ1v) is 6.98. The second kappa shape index (κ2) is 5.33. The SMILES string of the molecule is CNc1cc([N+](=O)[O-])cc(Nc2ccc3ncsc3c2)n1. The Morgan fingerprint density at radius 1 is 1.24 bits per heavy atom. The van der Waals surface area contributed by atoms with Crippen LogP contribution in [0.3, 0.4) is 0 Å². The molecule has 0 aliphatic rings. The number of nitrogens with one attached hydrogen (secondary N) is 2. The van der Waals surface area contributed by atoms with Crippen LogP contribution in [0.2, 0.25) is 0 Å². The average molecular weight is 301 g/mol. The van der Waals surface area contributed by atoms with Gasteiger partial charge in [0.2, 0.25) is 0 Å². The van der Waals surface area contributed by atoms with E-state index in [2.05, 4.69) is 20.6 Å². The molecule has 1 aromatic carbocycles. The molecular weight excluding hydrogens is 290 g/mol. The van der Waals surface area contributed by atoms with Gasteiger partial charge in [0.15, 0.2) is 0 Å². The normalized spacial score (nSPS) is 10.5. The van der Waals surface area contributed by atoms with E-state index < -0.39 is 4.92 Å². The summed E-state index contributed by atoms with van der Waals surface area (Å²) in [5.74, 6) is 0.850. The van der Waals surface area contributed by atoms with Crippen LogP contribution in [0.4, 0.5) is 23.0 Å². The first-order valence-electron chi connectivity index (χ1n) is 6.10. The molecule has 106 valence electrons. The van der Waals surface area contributed by atoms with Crippen molar-refractivity contribution in [3.05, 3.63) is 46.0 Å². The maximum absolute atomic E-state index is 10.9. The molecule has 2 aromatic heterocycles. The van der Waals surface area contributed by atoms with E-state index in [1.165, 1.54) is 23.5 Å². The third-order valence-corrected chi connectivity index (χ3v) is 3.67. The number of hydrogen-bond acceptors (Lipinski definition) is 7. The second-order valence-corrected chi connectivity index (χ2v) is 5.15. The summed E-state index contributed by atoms with van der Waals surface area (Å²) in [6.45, 7) is 0. The quantitative estimate of drug-likeness (QED) is 0.567. The van der Waals surface area contributed by atoms with Crippen LogP contribution in [0.25, 0.3) is 10.2 Å². The van der Waals surface area contributed by atoms with Crippen molar-refractivity contribution in [3.8, 4) is 0 Å². The molecule has 3 rings (SSSR count). The molecule has 0 amide bonds. The summed E-state index contributed by atoms with van der Waals surface area (Å²) in [5, 5.41) is 16.8. The fourth-order valence-corrected chi connectivity index (χ4v) is 2.61. The highest BCUT2D eigenvalue weighted by Crippen LogP contribution is 2.26. The maximum Gasteiger partial charge on any atom is 0.276 e. The number of pyridine rings is 1. The second-order valence-electron chi connectivity index (χ2n) is 4.26. The van der Waals surface area contributed by atoms with Gasteiger partial charge in [0.1, 0.15) is 11.6 Å². The molecule has 0 aliphatic heterocycles. The van der Waals surface area contributed by atoms with E-state index in [0.717, 1.165) is 15.9 Å². The molecule has 0 saturated heterocycles. The first-order chi connectivity index (χ1) is 10.2. The molecule has 7 nitrogen and oxygen atoms in total. The number of nitrogens with zero attached hydrogens (tertiary/aromatic N) is 3. The van der Waals surface area contributed by atoms with E-state index in [-0.39, 0.29) is 5.69 Å². The zero-order valence-electron chi connectivity index (χ0n) is 11.0. The average Bonchev–Trinajstić information content (AvgIpc) is 2.94. The van der Waals surface area contributed by atoms with Gasteiger partial charge >= 0.3 is 0 Å². The Labute approximate surface area is 123 Å². The summed E-state index contributed by atoms with van der Waals surface area (Å²) < 4.78 is 1.04. The molecule has 0 atom stereocenters. The summed E-state index contributed by atoms with van der Waals surface area (Å²) in [7, 11) is 1.67. The number of aromatic nitrogens is 2. The molecule has 0 spiro atoms. The predicted octanol–water partition coefficient (Wildman–Crippen LogP) is 3.38. The van der Waals surface area contributed by atoms with Crippen molar-refractivity contribution < 1.29 is 4.92 Å². The van der Waals surface area contributed by atoms with E-state index in [1.807, 2.05) is 18.2 Å². The number of nitro groups is 1. The third kappa shape index (κ3) is 2.75. The summed E-state index contributed by atoms with van der Waals surface area (Å²) >= 11 is 1.54. The molecule has 0 radical (unpaired) electrons. The zero-order chi connectivity index (χ0) is 14.8. The molecular formula is C13H11N5O2S. The molecule has 0 aliphatic carbocycles. The highest BCUT2D eigenvalue weighted by Gasteiger charge is 2.11. The minimum absolute atomic E-state index is 0.0179. The van der Waals surface area contributed by atoms with Crippen LogP contribution in [0.1, 0.15) is 0 Å². The first kappa shape index (κ1) is 13.3. The van der Waals surface area contributed by atoms with Crippen LogP contribution in [0.15, 0.2) is 35.8 Å². The Morgan fingerprint density at radius 2 is 2.05 bits per heavy atom. The van der Waals surface area contributed by atoms with Gasteiger partial charge in [-0.15, -0.1) is 11.3 Å². The third-order valence-electron chi connectivity index (χ3n) is 2.88. The van der Waals surface area contributed by atoms with Gasteiger partial charge in [0.05, 0.1) is 32.8 Å². The van der Waals surface area contributed by atoms with Gasteiger partial charge in [-0.1, -0.05) is 0 Å². The van der Waals surface area contributed by atoms with Gasteiger partial charge in [-0.05, 0) is 18.2 Å². The minimum Gasteiger partial charge on any atom is -0.373 e. The van der Waals surface area contributed by atoms with Crippen molar-refractivity contribution in [2.24, 2.45) is 0 Å². The lowest BCUT2D eigenvalue weighted by Crippen LogP contribution is -2.00. The van der Waals surface area contributed by atoms with E-state index in [4.69, 9.17) is 0 Å². The predicted molar refractivity (Wildman–Crippen MR) is 83.3 cm³/mol. The topological polar surface area (TPSA) is 93.0 Å². The Morgan fingerprint density at radius 3 is 2.81 bits per heavy atom. The Kier molecular flexibility index (Phi) is 3.36. The minimum atomic E-state index is -0.444. The summed E-state index contributed by atoms with van der Waals surface area (Å²) in [6.07, 6.45) is 0. The van der Waals surface area contributed by atoms with E-state index >= 15 is 0 Å². The number of thiazole rings is 1. The monoisotopic (exact) mass is 301 g/mol. The number of anilines is 3. The molecule has 8 heteroatoms. The smallest absolute Gasteiger partial charge is 0.276 e. The molecule has 0 saturated carbocycles. The fourth-order valence-electron chi connectivity index (χ4n) is 1.89. The van der Waals surface area contributed by atoms with Crippen molar-refractivity contribution >= 4 is 44.6 Å². The molecule has 0 bridgehead atoms. The van der Waals surface area contributed by atoms with Crippen LogP contribution >= 0.6 is 11.3 Å². The van der Waals surface area contributed by atoms with Gasteiger partial charge in [-0.3, -0.25) is 10.1 Å². The van der Waals surface area contributed by atoms with Crippen LogP contribution in [0, 0.1) is 10.1 Å². The van der Waals surface area contributed by atoms with Crippen molar-refractivity contribution in [3.63, 3.8) is 0 Å². The lowest BCUT2D eigenvalue weighted by Gasteiger charge is -2.07. The summed E-state index contributed by atoms with van der Waals surface area (Å²) in [5.41, 5.74) is 3.49. The van der Waals surface area contributed by atoms with Gasteiger partial charge < -0.3 is 10.6 Å². The van der Waals surface area contributed by atoms with Crippen molar-refractivity contribution in [2.75, 3.05) is 17.7 Å². The Balaban J connectivity index is 1.96. The lowest BCUT2D eigenvalue weighted by atomic mass is 10.3. The van der Waals surface area contributed by atoms with Crippen LogP contribution in [-0.2, 0) is 0 Å². The fraction of sp³-hybridized carbons (Fsp3) is 0.0769. The van der Waals surface area contributed by atoms with E-state index in [1.54, 1.807) is 12.6 Å². The van der Waals surface area contributed by atoms with Crippen LogP contribution < -0.4 is 10.6 Å². The molecule has 3 aromatic rings. The van der Waals surface area contributed by atoms with Gasteiger partial charge in [-0.2, -0.15) is 0 Å². The van der Waals surface area contributed by atoms with Crippen molar-refractivity contribution in [2.45, 2.75) is 0 Å². The Hall–Kier alpha value is -2.74. The van der Waals surface area contributed by atoms with Gasteiger partial charge in [-0.25, -0.2) is 9.97 Å². The number of benzene rings is 1. The van der Waals surface area contributed by atoms with Crippen LogP contribution in [0.5, 0.6) is 0 Å². The maximum atomic E-state index is 10.9. The Bertz CT molecular complexity index is 817. The van der Waals surface area contributed by atoms with E-state index in [9.17, 15) is 10.1 Å².